The maximum absolute atomic E-state index is 12.9. The van der Waals surface area contributed by atoms with Gasteiger partial charge in [0.15, 0.2) is 11.5 Å². The van der Waals surface area contributed by atoms with Crippen LogP contribution in [0.1, 0.15) is 17.0 Å². The van der Waals surface area contributed by atoms with Crippen LogP contribution >= 0.6 is 0 Å². The van der Waals surface area contributed by atoms with Crippen LogP contribution in [0.2, 0.25) is 0 Å². The third-order valence-corrected chi connectivity index (χ3v) is 4.87. The van der Waals surface area contributed by atoms with Crippen molar-refractivity contribution in [1.29, 1.82) is 0 Å². The van der Waals surface area contributed by atoms with Gasteiger partial charge in [0.25, 0.3) is 0 Å². The van der Waals surface area contributed by atoms with Crippen molar-refractivity contribution in [3.05, 3.63) is 53.4 Å². The Morgan fingerprint density at radius 1 is 1.14 bits per heavy atom. The fourth-order valence-corrected chi connectivity index (χ4v) is 3.48. The van der Waals surface area contributed by atoms with Crippen LogP contribution in [0.15, 0.2) is 40.9 Å². The van der Waals surface area contributed by atoms with E-state index in [2.05, 4.69) is 10.1 Å². The Morgan fingerprint density at radius 2 is 1.96 bits per heavy atom. The third-order valence-electron chi connectivity index (χ3n) is 4.87. The first-order valence-electron chi connectivity index (χ1n) is 9.04. The van der Waals surface area contributed by atoms with E-state index in [1.165, 1.54) is 0 Å². The number of anilines is 1. The lowest BCUT2D eigenvalue weighted by molar-refractivity contribution is -0.117. The maximum Gasteiger partial charge on any atom is 0.231 e. The number of ether oxygens (including phenoxy) is 2. The minimum absolute atomic E-state index is 0.0501. The lowest BCUT2D eigenvalue weighted by atomic mass is 10.1. The molecular weight excluding hydrogens is 358 g/mol. The van der Waals surface area contributed by atoms with Crippen molar-refractivity contribution >= 4 is 11.6 Å². The molecule has 4 rings (SSSR count). The van der Waals surface area contributed by atoms with E-state index in [-0.39, 0.29) is 5.91 Å². The van der Waals surface area contributed by atoms with Crippen molar-refractivity contribution in [2.24, 2.45) is 0 Å². The zero-order chi connectivity index (χ0) is 19.7. The van der Waals surface area contributed by atoms with Gasteiger partial charge in [0.05, 0.1) is 20.6 Å². The van der Waals surface area contributed by atoms with E-state index in [9.17, 15) is 4.79 Å². The average Bonchev–Trinajstić information content (AvgIpc) is 3.33. The molecule has 0 radical (unpaired) electrons. The van der Waals surface area contributed by atoms with Gasteiger partial charge < -0.3 is 18.9 Å². The zero-order valence-corrected chi connectivity index (χ0v) is 16.1. The smallest absolute Gasteiger partial charge is 0.231 e. The SMILES string of the molecule is COc1ccc(CC(=O)N2CCc3cc(-c4noc(C)n4)ccc32)cc1OC. The van der Waals surface area contributed by atoms with Crippen molar-refractivity contribution < 1.29 is 18.8 Å². The normalized spacial score (nSPS) is 12.8. The van der Waals surface area contributed by atoms with Gasteiger partial charge in [-0.1, -0.05) is 11.2 Å². The molecule has 1 aliphatic rings. The number of methoxy groups -OCH3 is 2. The molecule has 0 spiro atoms. The molecule has 1 aliphatic heterocycles. The van der Waals surface area contributed by atoms with Gasteiger partial charge in [0, 0.05) is 24.7 Å². The number of aryl methyl sites for hydroxylation is 1. The first-order chi connectivity index (χ1) is 13.6. The van der Waals surface area contributed by atoms with Crippen LogP contribution in [0, 0.1) is 6.92 Å². The van der Waals surface area contributed by atoms with Gasteiger partial charge in [-0.05, 0) is 47.9 Å². The Bertz CT molecular complexity index is 1030. The standard InChI is InChI=1S/C21H21N3O4/c1-13-22-21(23-28-13)16-5-6-17-15(12-16)8-9-24(17)20(25)11-14-4-7-18(26-2)19(10-14)27-3/h4-7,10,12H,8-9,11H2,1-3H3. The highest BCUT2D eigenvalue weighted by Crippen LogP contribution is 2.33. The number of benzene rings is 2. The molecule has 28 heavy (non-hydrogen) atoms. The molecule has 0 N–H and O–H groups in total. The van der Waals surface area contributed by atoms with Crippen LogP contribution in [0.5, 0.6) is 11.5 Å². The van der Waals surface area contributed by atoms with Crippen LogP contribution in [0.3, 0.4) is 0 Å². The summed E-state index contributed by atoms with van der Waals surface area (Å²) in [6.07, 6.45) is 1.10. The lowest BCUT2D eigenvalue weighted by Crippen LogP contribution is -2.30. The zero-order valence-electron chi connectivity index (χ0n) is 16.1. The number of carbonyl (C=O) groups excluding carboxylic acids is 1. The van der Waals surface area contributed by atoms with Gasteiger partial charge in [0.2, 0.25) is 17.6 Å². The summed E-state index contributed by atoms with van der Waals surface area (Å²) < 4.78 is 15.6. The largest absolute Gasteiger partial charge is 0.493 e. The molecule has 0 saturated carbocycles. The van der Waals surface area contributed by atoms with Crippen molar-refractivity contribution in [2.75, 3.05) is 25.7 Å². The molecule has 2 aromatic carbocycles. The number of hydrogen-bond acceptors (Lipinski definition) is 6. The van der Waals surface area contributed by atoms with Gasteiger partial charge in [-0.3, -0.25) is 4.79 Å². The second-order valence-corrected chi connectivity index (χ2v) is 6.64. The Kier molecular flexibility index (Phi) is 4.73. The van der Waals surface area contributed by atoms with Crippen LogP contribution in [-0.2, 0) is 17.6 Å². The Hall–Kier alpha value is -3.35. The average molecular weight is 379 g/mol. The Morgan fingerprint density at radius 3 is 2.68 bits per heavy atom. The molecule has 0 aliphatic carbocycles. The summed E-state index contributed by atoms with van der Waals surface area (Å²) in [5.41, 5.74) is 3.83. The summed E-state index contributed by atoms with van der Waals surface area (Å²) in [6.45, 7) is 2.43. The number of nitrogens with zero attached hydrogens (tertiary/aromatic N) is 3. The molecular formula is C21H21N3O4. The highest BCUT2D eigenvalue weighted by molar-refractivity contribution is 5.97. The minimum atomic E-state index is 0.0501. The van der Waals surface area contributed by atoms with E-state index in [1.807, 2.05) is 41.3 Å². The van der Waals surface area contributed by atoms with Crippen LogP contribution in [-0.4, -0.2) is 36.8 Å². The molecule has 0 fully saturated rings. The summed E-state index contributed by atoms with van der Waals surface area (Å²) in [6, 6.07) is 11.5. The Labute approximate surface area is 162 Å². The highest BCUT2D eigenvalue weighted by atomic mass is 16.5. The molecule has 144 valence electrons. The van der Waals surface area contributed by atoms with E-state index in [0.717, 1.165) is 28.8 Å². The van der Waals surface area contributed by atoms with Crippen LogP contribution < -0.4 is 14.4 Å². The van der Waals surface area contributed by atoms with Crippen LogP contribution in [0.4, 0.5) is 5.69 Å². The first-order valence-corrected chi connectivity index (χ1v) is 9.04. The highest BCUT2D eigenvalue weighted by Gasteiger charge is 2.25. The Balaban J connectivity index is 1.53. The molecule has 1 aromatic heterocycles. The monoisotopic (exact) mass is 379 g/mol. The second kappa shape index (κ2) is 7.34. The molecule has 0 atom stereocenters. The summed E-state index contributed by atoms with van der Waals surface area (Å²) in [5, 5.41) is 3.96. The fourth-order valence-electron chi connectivity index (χ4n) is 3.48. The van der Waals surface area contributed by atoms with Gasteiger partial charge in [-0.25, -0.2) is 0 Å². The second-order valence-electron chi connectivity index (χ2n) is 6.64. The predicted molar refractivity (Wildman–Crippen MR) is 104 cm³/mol. The number of fused-ring (bicyclic) bond motifs is 1. The predicted octanol–water partition coefficient (Wildman–Crippen LogP) is 3.19. The molecule has 2 heterocycles. The third kappa shape index (κ3) is 3.31. The number of carbonyl (C=O) groups is 1. The molecule has 0 saturated heterocycles. The molecule has 7 nitrogen and oxygen atoms in total. The maximum atomic E-state index is 12.9. The molecule has 1 amide bonds. The molecule has 3 aromatic rings. The summed E-state index contributed by atoms with van der Waals surface area (Å²) in [5.74, 6) is 2.41. The van der Waals surface area contributed by atoms with Crippen molar-refractivity contribution in [3.63, 3.8) is 0 Å². The van der Waals surface area contributed by atoms with Crippen molar-refractivity contribution in [2.45, 2.75) is 19.8 Å². The van der Waals surface area contributed by atoms with Gasteiger partial charge >= 0.3 is 0 Å². The van der Waals surface area contributed by atoms with E-state index < -0.39 is 0 Å². The molecule has 7 heteroatoms. The fraction of sp³-hybridized carbons (Fsp3) is 0.286. The van der Waals surface area contributed by atoms with Crippen molar-refractivity contribution in [1.82, 2.24) is 10.1 Å². The topological polar surface area (TPSA) is 77.7 Å². The summed E-state index contributed by atoms with van der Waals surface area (Å²) in [4.78, 5) is 19.0. The number of rotatable bonds is 5. The number of amides is 1. The van der Waals surface area contributed by atoms with Crippen molar-refractivity contribution in [3.8, 4) is 22.9 Å². The summed E-state index contributed by atoms with van der Waals surface area (Å²) in [7, 11) is 3.18. The molecule has 0 unspecified atom stereocenters. The van der Waals surface area contributed by atoms with E-state index in [4.69, 9.17) is 14.0 Å². The lowest BCUT2D eigenvalue weighted by Gasteiger charge is -2.18. The quantitative estimate of drug-likeness (QED) is 0.677. The van der Waals surface area contributed by atoms with Gasteiger partial charge in [0.1, 0.15) is 0 Å². The van der Waals surface area contributed by atoms with Gasteiger partial charge in [-0.15, -0.1) is 0 Å². The van der Waals surface area contributed by atoms with Crippen LogP contribution in [0.25, 0.3) is 11.4 Å². The van der Waals surface area contributed by atoms with E-state index >= 15 is 0 Å². The number of hydrogen-bond donors (Lipinski definition) is 0. The van der Waals surface area contributed by atoms with Gasteiger partial charge in [-0.2, -0.15) is 4.98 Å². The van der Waals surface area contributed by atoms with E-state index in [1.54, 1.807) is 21.1 Å². The first kappa shape index (κ1) is 18.0. The number of aromatic nitrogens is 2. The summed E-state index contributed by atoms with van der Waals surface area (Å²) >= 11 is 0. The molecule has 0 bridgehead atoms. The van der Waals surface area contributed by atoms with E-state index in [0.29, 0.717) is 36.2 Å². The minimum Gasteiger partial charge on any atom is -0.493 e.